The molecular formula is C12H14NO2WY-. The minimum absolute atomic E-state index is 0. The first-order valence-electron chi connectivity index (χ1n) is 4.48. The van der Waals surface area contributed by atoms with E-state index in [1.54, 1.807) is 11.0 Å². The molecule has 0 saturated carbocycles. The van der Waals surface area contributed by atoms with Gasteiger partial charge in [0, 0.05) is 32.7 Å². The zero-order chi connectivity index (χ0) is 10.1. The Balaban J connectivity index is 0. The summed E-state index contributed by atoms with van der Waals surface area (Å²) in [6.07, 6.45) is -0.331. The van der Waals surface area contributed by atoms with Crippen LogP contribution in [0.5, 0.6) is 0 Å². The average Bonchev–Trinajstić information content (AvgIpc) is 2.45. The van der Waals surface area contributed by atoms with Crippen LogP contribution >= 0.6 is 0 Å². The molecule has 1 aromatic carbocycles. The molecule has 0 N–H and O–H groups in total. The quantitative estimate of drug-likeness (QED) is 0.583. The summed E-state index contributed by atoms with van der Waals surface area (Å²) in [5, 5.41) is 0. The number of nitrogens with zero attached hydrogens (tertiary/aromatic N) is 1. The Kier molecular flexibility index (Phi) is 9.50. The van der Waals surface area contributed by atoms with Gasteiger partial charge < -0.3 is 30.7 Å². The Morgan fingerprint density at radius 1 is 1.59 bits per heavy atom. The van der Waals surface area contributed by atoms with E-state index in [-0.39, 0.29) is 73.4 Å². The van der Waals surface area contributed by atoms with Gasteiger partial charge >= 0.3 is 27.2 Å². The maximum absolute atomic E-state index is 11.4. The van der Waals surface area contributed by atoms with Crippen LogP contribution in [0.2, 0.25) is 0 Å². The number of anilines is 1. The van der Waals surface area contributed by atoms with E-state index >= 15 is 0 Å². The van der Waals surface area contributed by atoms with Gasteiger partial charge in [-0.15, -0.1) is 0 Å². The van der Waals surface area contributed by atoms with Gasteiger partial charge in [0.15, 0.2) is 0 Å². The Bertz CT molecular complexity index is 373. The SMILES string of the molecule is [CH2-]c1[c-]ccc(N2C[C@H](C)OC2=O)c1.[CH3-].[W+2].[Y]. The van der Waals surface area contributed by atoms with Crippen molar-refractivity contribution >= 4 is 11.8 Å². The van der Waals surface area contributed by atoms with Crippen molar-refractivity contribution in [1.82, 2.24) is 0 Å². The van der Waals surface area contributed by atoms with Crippen molar-refractivity contribution in [2.24, 2.45) is 0 Å². The molecule has 0 aromatic heterocycles. The topological polar surface area (TPSA) is 29.5 Å². The second-order valence-electron chi connectivity index (χ2n) is 3.38. The fourth-order valence-electron chi connectivity index (χ4n) is 1.49. The molecule has 89 valence electrons. The standard InChI is InChI=1S/C11H11NO2.CH3.W.Y/c1-8-4-3-5-10(6-8)12-7-9(2)14-11(12)13;;;/h3,5-6,9H,1,7H2,2H3;1H3;;/q-2;-1;+2;/t9-;;;/m0.../s1. The zero-order valence-electron chi connectivity index (χ0n) is 9.97. The molecule has 0 unspecified atom stereocenters. The summed E-state index contributed by atoms with van der Waals surface area (Å²) in [5.41, 5.74) is 1.60. The summed E-state index contributed by atoms with van der Waals surface area (Å²) >= 11 is 0. The van der Waals surface area contributed by atoms with Crippen LogP contribution in [0, 0.1) is 20.4 Å². The van der Waals surface area contributed by atoms with E-state index in [2.05, 4.69) is 13.0 Å². The minimum atomic E-state index is -0.289. The third-order valence-corrected chi connectivity index (χ3v) is 2.12. The number of hydrogen-bond donors (Lipinski definition) is 0. The van der Waals surface area contributed by atoms with E-state index < -0.39 is 0 Å². The molecule has 1 saturated heterocycles. The van der Waals surface area contributed by atoms with Crippen molar-refractivity contribution in [3.05, 3.63) is 44.2 Å². The van der Waals surface area contributed by atoms with Gasteiger partial charge in [-0.25, -0.2) is 4.79 Å². The van der Waals surface area contributed by atoms with Gasteiger partial charge in [-0.2, -0.15) is 6.07 Å². The Hall–Kier alpha value is 0.152. The number of rotatable bonds is 1. The summed E-state index contributed by atoms with van der Waals surface area (Å²) in [7, 11) is 0. The molecule has 1 atom stereocenters. The number of amides is 1. The van der Waals surface area contributed by atoms with E-state index in [0.29, 0.717) is 6.54 Å². The molecule has 1 radical (unpaired) electrons. The molecule has 2 rings (SSSR count). The van der Waals surface area contributed by atoms with Crippen LogP contribution in [0.3, 0.4) is 0 Å². The third kappa shape index (κ3) is 4.73. The summed E-state index contributed by atoms with van der Waals surface area (Å²) in [6.45, 7) is 6.23. The second kappa shape index (κ2) is 8.29. The average molecular weight is 477 g/mol. The monoisotopic (exact) mass is 477 g/mol. The second-order valence-corrected chi connectivity index (χ2v) is 3.38. The largest absolute Gasteiger partial charge is 2.00 e. The number of ether oxygens (including phenoxy) is 1. The van der Waals surface area contributed by atoms with Gasteiger partial charge in [0.25, 0.3) is 0 Å². The molecule has 1 aliphatic heterocycles. The van der Waals surface area contributed by atoms with Crippen molar-refractivity contribution in [3.63, 3.8) is 0 Å². The Morgan fingerprint density at radius 3 is 2.71 bits per heavy atom. The Morgan fingerprint density at radius 2 is 2.24 bits per heavy atom. The van der Waals surface area contributed by atoms with E-state index in [1.165, 1.54) is 0 Å². The predicted molar refractivity (Wildman–Crippen MR) is 59.4 cm³/mol. The summed E-state index contributed by atoms with van der Waals surface area (Å²) in [4.78, 5) is 13.0. The summed E-state index contributed by atoms with van der Waals surface area (Å²) < 4.78 is 5.02. The minimum Gasteiger partial charge on any atom is -0.444 e. The molecule has 5 heteroatoms. The molecule has 1 aromatic rings. The van der Waals surface area contributed by atoms with E-state index in [1.807, 2.05) is 19.1 Å². The van der Waals surface area contributed by atoms with Crippen LogP contribution < -0.4 is 4.90 Å². The smallest absolute Gasteiger partial charge is 0.444 e. The predicted octanol–water partition coefficient (Wildman–Crippen LogP) is 2.46. The van der Waals surface area contributed by atoms with Crippen molar-refractivity contribution < 1.29 is 63.3 Å². The molecule has 1 aliphatic rings. The molecule has 1 heterocycles. The van der Waals surface area contributed by atoms with Crippen LogP contribution in [0.4, 0.5) is 10.5 Å². The van der Waals surface area contributed by atoms with E-state index in [0.717, 1.165) is 11.3 Å². The summed E-state index contributed by atoms with van der Waals surface area (Å²) in [6, 6.07) is 8.34. The normalized spacial score (nSPS) is 17.4. The molecule has 17 heavy (non-hydrogen) atoms. The maximum atomic E-state index is 11.4. The number of carbonyl (C=O) groups is 1. The van der Waals surface area contributed by atoms with E-state index in [4.69, 9.17) is 4.74 Å². The van der Waals surface area contributed by atoms with Crippen molar-refractivity contribution in [2.75, 3.05) is 11.4 Å². The van der Waals surface area contributed by atoms with Gasteiger partial charge in [-0.3, -0.25) is 11.0 Å². The number of hydrogen-bond acceptors (Lipinski definition) is 2. The molecule has 3 nitrogen and oxygen atoms in total. The van der Waals surface area contributed by atoms with Crippen LogP contribution in [-0.4, -0.2) is 18.7 Å². The fourth-order valence-corrected chi connectivity index (χ4v) is 1.49. The molecule has 0 spiro atoms. The fraction of sp³-hybridized carbons (Fsp3) is 0.250. The van der Waals surface area contributed by atoms with Crippen molar-refractivity contribution in [1.29, 1.82) is 0 Å². The summed E-state index contributed by atoms with van der Waals surface area (Å²) in [5.74, 6) is 0. The van der Waals surface area contributed by atoms with E-state index in [9.17, 15) is 4.79 Å². The molecule has 1 amide bonds. The first kappa shape index (κ1) is 19.5. The maximum Gasteiger partial charge on any atom is 2.00 e. The van der Waals surface area contributed by atoms with Crippen LogP contribution in [0.1, 0.15) is 12.5 Å². The van der Waals surface area contributed by atoms with Crippen LogP contribution in [0.15, 0.2) is 18.2 Å². The first-order valence-corrected chi connectivity index (χ1v) is 4.48. The third-order valence-electron chi connectivity index (χ3n) is 2.12. The zero-order valence-corrected chi connectivity index (χ0v) is 15.7. The number of benzene rings is 1. The van der Waals surface area contributed by atoms with Gasteiger partial charge in [0.05, 0.1) is 6.54 Å². The molecule has 0 bridgehead atoms. The van der Waals surface area contributed by atoms with Gasteiger partial charge in [0.1, 0.15) is 6.10 Å². The molecule has 1 fully saturated rings. The number of carbonyl (C=O) groups excluding carboxylic acids is 1. The van der Waals surface area contributed by atoms with Crippen molar-refractivity contribution in [2.45, 2.75) is 13.0 Å². The van der Waals surface area contributed by atoms with Crippen molar-refractivity contribution in [3.8, 4) is 0 Å². The van der Waals surface area contributed by atoms with Gasteiger partial charge in [-0.1, -0.05) is 11.8 Å². The molecule has 0 aliphatic carbocycles. The molecular weight excluding hydrogens is 463 g/mol. The van der Waals surface area contributed by atoms with Crippen LogP contribution in [0.25, 0.3) is 0 Å². The Labute approximate surface area is 142 Å². The van der Waals surface area contributed by atoms with Crippen LogP contribution in [-0.2, 0) is 58.5 Å². The van der Waals surface area contributed by atoms with Gasteiger partial charge in [-0.05, 0) is 6.92 Å². The number of cyclic esters (lactones) is 1. The van der Waals surface area contributed by atoms with Gasteiger partial charge in [0.2, 0.25) is 0 Å². The first-order chi connectivity index (χ1) is 6.66.